The van der Waals surface area contributed by atoms with Crippen molar-refractivity contribution in [3.63, 3.8) is 0 Å². The van der Waals surface area contributed by atoms with Gasteiger partial charge in [0.25, 0.3) is 5.91 Å². The van der Waals surface area contributed by atoms with E-state index in [-0.39, 0.29) is 17.5 Å². The summed E-state index contributed by atoms with van der Waals surface area (Å²) in [5.74, 6) is -0.958. The first-order valence-corrected chi connectivity index (χ1v) is 9.54. The van der Waals surface area contributed by atoms with Gasteiger partial charge in [0.05, 0.1) is 17.1 Å². The van der Waals surface area contributed by atoms with Gasteiger partial charge in [-0.05, 0) is 48.9 Å². The van der Waals surface area contributed by atoms with E-state index in [9.17, 15) is 18.0 Å². The summed E-state index contributed by atoms with van der Waals surface area (Å²) in [7, 11) is -3.04. The van der Waals surface area contributed by atoms with E-state index in [0.717, 1.165) is 19.3 Å². The zero-order valence-electron chi connectivity index (χ0n) is 12.7. The molecule has 0 bridgehead atoms. The van der Waals surface area contributed by atoms with Gasteiger partial charge in [-0.25, -0.2) is 13.2 Å². The van der Waals surface area contributed by atoms with Crippen molar-refractivity contribution in [2.45, 2.75) is 31.7 Å². The summed E-state index contributed by atoms with van der Waals surface area (Å²) in [5.41, 5.74) is 2.88. The molecular formula is C16H19NO5S. The lowest BCUT2D eigenvalue weighted by Gasteiger charge is -2.11. The topological polar surface area (TPSA) is 89.5 Å². The Labute approximate surface area is 135 Å². The van der Waals surface area contributed by atoms with E-state index in [0.29, 0.717) is 12.0 Å². The number of hydrogen-bond acceptors (Lipinski definition) is 5. The number of benzene rings is 1. The molecule has 1 amide bonds. The van der Waals surface area contributed by atoms with E-state index >= 15 is 0 Å². The number of rotatable bonds is 4. The summed E-state index contributed by atoms with van der Waals surface area (Å²) in [6, 6.07) is 5.09. The number of amides is 1. The summed E-state index contributed by atoms with van der Waals surface area (Å²) in [6.45, 7) is -0.396. The lowest BCUT2D eigenvalue weighted by atomic mass is 10.1. The highest BCUT2D eigenvalue weighted by Crippen LogP contribution is 2.23. The highest BCUT2D eigenvalue weighted by Gasteiger charge is 2.29. The van der Waals surface area contributed by atoms with E-state index in [1.54, 1.807) is 6.07 Å². The van der Waals surface area contributed by atoms with Gasteiger partial charge in [-0.2, -0.15) is 0 Å². The lowest BCUT2D eigenvalue weighted by Crippen LogP contribution is -2.38. The van der Waals surface area contributed by atoms with Crippen LogP contribution in [0.25, 0.3) is 0 Å². The zero-order valence-corrected chi connectivity index (χ0v) is 13.5. The van der Waals surface area contributed by atoms with Crippen molar-refractivity contribution in [1.29, 1.82) is 0 Å². The number of esters is 1. The first-order chi connectivity index (χ1) is 10.9. The van der Waals surface area contributed by atoms with Gasteiger partial charge < -0.3 is 10.1 Å². The van der Waals surface area contributed by atoms with E-state index in [1.807, 2.05) is 12.1 Å². The molecule has 6 nitrogen and oxygen atoms in total. The smallest absolute Gasteiger partial charge is 0.338 e. The van der Waals surface area contributed by atoms with Gasteiger partial charge in [-0.1, -0.05) is 6.07 Å². The molecule has 1 N–H and O–H groups in total. The molecule has 1 aromatic carbocycles. The summed E-state index contributed by atoms with van der Waals surface area (Å²) in [4.78, 5) is 23.7. The first kappa shape index (κ1) is 16.0. The predicted molar refractivity (Wildman–Crippen MR) is 84.0 cm³/mol. The second kappa shape index (κ2) is 6.31. The fourth-order valence-corrected chi connectivity index (χ4v) is 4.76. The molecular weight excluding hydrogens is 318 g/mol. The third-order valence-corrected chi connectivity index (χ3v) is 6.03. The van der Waals surface area contributed by atoms with Crippen molar-refractivity contribution >= 4 is 21.7 Å². The largest absolute Gasteiger partial charge is 0.452 e. The van der Waals surface area contributed by atoms with E-state index in [1.165, 1.54) is 11.1 Å². The van der Waals surface area contributed by atoms with Crippen molar-refractivity contribution in [3.05, 3.63) is 34.9 Å². The van der Waals surface area contributed by atoms with Gasteiger partial charge >= 0.3 is 5.97 Å². The maximum atomic E-state index is 12.0. The standard InChI is InChI=1S/C16H19NO5S/c18-15(17-14-6-7-23(20,21)10-14)9-22-16(19)13-5-4-11-2-1-3-12(11)8-13/h4-5,8,14H,1-3,6-7,9-10H2,(H,17,18)/t14-/m0/s1. The number of carbonyl (C=O) groups is 2. The minimum atomic E-state index is -3.04. The molecule has 23 heavy (non-hydrogen) atoms. The predicted octanol–water partition coefficient (Wildman–Crippen LogP) is 0.635. The van der Waals surface area contributed by atoms with Crippen LogP contribution in [0.2, 0.25) is 0 Å². The molecule has 0 unspecified atom stereocenters. The van der Waals surface area contributed by atoms with Gasteiger partial charge in [0.15, 0.2) is 16.4 Å². The molecule has 1 heterocycles. The van der Waals surface area contributed by atoms with Crippen molar-refractivity contribution in [1.82, 2.24) is 5.32 Å². The Hall–Kier alpha value is -1.89. The molecule has 2 aliphatic rings. The maximum absolute atomic E-state index is 12.0. The Morgan fingerprint density at radius 3 is 2.74 bits per heavy atom. The van der Waals surface area contributed by atoms with Crippen molar-refractivity contribution in [3.8, 4) is 0 Å². The average Bonchev–Trinajstić information content (AvgIpc) is 3.10. The van der Waals surface area contributed by atoms with Gasteiger partial charge in [-0.15, -0.1) is 0 Å². The summed E-state index contributed by atoms with van der Waals surface area (Å²) >= 11 is 0. The minimum absolute atomic E-state index is 0.0441. The molecule has 0 radical (unpaired) electrons. The number of sulfone groups is 1. The fourth-order valence-electron chi connectivity index (χ4n) is 3.09. The molecule has 7 heteroatoms. The van der Waals surface area contributed by atoms with Crippen LogP contribution in [0.3, 0.4) is 0 Å². The SMILES string of the molecule is O=C(COC(=O)c1ccc2c(c1)CCC2)N[C@H]1CCS(=O)(=O)C1. The Morgan fingerprint density at radius 2 is 2.00 bits per heavy atom. The second-order valence-corrected chi connectivity index (χ2v) is 8.31. The van der Waals surface area contributed by atoms with E-state index in [2.05, 4.69) is 5.32 Å². The van der Waals surface area contributed by atoms with Crippen molar-refractivity contribution < 1.29 is 22.7 Å². The third-order valence-electron chi connectivity index (χ3n) is 4.27. The quantitative estimate of drug-likeness (QED) is 0.814. The first-order valence-electron chi connectivity index (χ1n) is 7.72. The normalized spacial score (nSPS) is 21.7. The number of hydrogen-bond donors (Lipinski definition) is 1. The van der Waals surface area contributed by atoms with E-state index in [4.69, 9.17) is 4.74 Å². The van der Waals surface area contributed by atoms with E-state index < -0.39 is 28.3 Å². The summed E-state index contributed by atoms with van der Waals surface area (Å²) in [5, 5.41) is 2.59. The number of nitrogens with one attached hydrogen (secondary N) is 1. The molecule has 0 saturated carbocycles. The van der Waals surface area contributed by atoms with Crippen LogP contribution in [0.15, 0.2) is 18.2 Å². The number of fused-ring (bicyclic) bond motifs is 1. The fraction of sp³-hybridized carbons (Fsp3) is 0.500. The molecule has 1 aliphatic carbocycles. The number of carbonyl (C=O) groups excluding carboxylic acids is 2. The summed E-state index contributed by atoms with van der Waals surface area (Å²) in [6.07, 6.45) is 3.51. The number of ether oxygens (including phenoxy) is 1. The van der Waals surface area contributed by atoms with Crippen molar-refractivity contribution in [2.75, 3.05) is 18.1 Å². The van der Waals surface area contributed by atoms with Gasteiger partial charge in [-0.3, -0.25) is 4.79 Å². The minimum Gasteiger partial charge on any atom is -0.452 e. The molecule has 1 fully saturated rings. The Balaban J connectivity index is 1.50. The van der Waals surface area contributed by atoms with Crippen LogP contribution in [0.5, 0.6) is 0 Å². The maximum Gasteiger partial charge on any atom is 0.338 e. The van der Waals surface area contributed by atoms with Crippen LogP contribution >= 0.6 is 0 Å². The van der Waals surface area contributed by atoms with Gasteiger partial charge in [0.1, 0.15) is 0 Å². The molecule has 1 saturated heterocycles. The molecule has 1 atom stereocenters. The Morgan fingerprint density at radius 1 is 1.22 bits per heavy atom. The average molecular weight is 337 g/mol. The van der Waals surface area contributed by atoms with Crippen LogP contribution in [0, 0.1) is 0 Å². The summed E-state index contributed by atoms with van der Waals surface area (Å²) < 4.78 is 27.7. The highest BCUT2D eigenvalue weighted by atomic mass is 32.2. The zero-order chi connectivity index (χ0) is 16.4. The van der Waals surface area contributed by atoms with Crippen LogP contribution in [-0.4, -0.2) is 44.4 Å². The van der Waals surface area contributed by atoms with Crippen LogP contribution in [0.4, 0.5) is 0 Å². The molecule has 3 rings (SSSR count). The number of aryl methyl sites for hydroxylation is 2. The van der Waals surface area contributed by atoms with Crippen molar-refractivity contribution in [2.24, 2.45) is 0 Å². The monoisotopic (exact) mass is 337 g/mol. The van der Waals surface area contributed by atoms with Gasteiger partial charge in [0.2, 0.25) is 0 Å². The molecule has 124 valence electrons. The third kappa shape index (κ3) is 3.90. The lowest BCUT2D eigenvalue weighted by molar-refractivity contribution is -0.124. The van der Waals surface area contributed by atoms with Crippen LogP contribution in [0.1, 0.15) is 34.3 Å². The van der Waals surface area contributed by atoms with Crippen LogP contribution < -0.4 is 5.32 Å². The Kier molecular flexibility index (Phi) is 4.39. The molecule has 1 aliphatic heterocycles. The van der Waals surface area contributed by atoms with Crippen LogP contribution in [-0.2, 0) is 32.2 Å². The molecule has 1 aromatic rings. The molecule has 0 spiro atoms. The van der Waals surface area contributed by atoms with Gasteiger partial charge in [0, 0.05) is 6.04 Å². The molecule has 0 aromatic heterocycles. The Bertz CT molecular complexity index is 741. The highest BCUT2D eigenvalue weighted by molar-refractivity contribution is 7.91. The second-order valence-electron chi connectivity index (χ2n) is 6.08.